The van der Waals surface area contributed by atoms with Gasteiger partial charge < -0.3 is 5.11 Å². The van der Waals surface area contributed by atoms with Crippen molar-refractivity contribution >= 4 is 0 Å². The van der Waals surface area contributed by atoms with Crippen LogP contribution in [0.15, 0.2) is 72.8 Å². The van der Waals surface area contributed by atoms with Crippen molar-refractivity contribution in [1.29, 1.82) is 0 Å². The van der Waals surface area contributed by atoms with Crippen LogP contribution in [0.4, 0.5) is 0 Å². The van der Waals surface area contributed by atoms with E-state index in [1.54, 1.807) is 0 Å². The summed E-state index contributed by atoms with van der Waals surface area (Å²) in [5.41, 5.74) is 6.35. The molecule has 0 aliphatic heterocycles. The minimum Gasteiger partial charge on any atom is -0.508 e. The number of phenols is 1. The monoisotopic (exact) mass is 400 g/mol. The summed E-state index contributed by atoms with van der Waals surface area (Å²) in [5.74, 6) is 0.424. The van der Waals surface area contributed by atoms with Crippen molar-refractivity contribution in [3.05, 3.63) is 101 Å². The minimum absolute atomic E-state index is 0.424. The molecular weight excluding hydrogens is 364 g/mol. The van der Waals surface area contributed by atoms with Crippen LogP contribution in [0.1, 0.15) is 79.7 Å². The first-order valence-corrected chi connectivity index (χ1v) is 11.7. The zero-order valence-corrected chi connectivity index (χ0v) is 18.4. The molecule has 0 unspecified atom stereocenters. The van der Waals surface area contributed by atoms with Crippen LogP contribution in [0, 0.1) is 0 Å². The van der Waals surface area contributed by atoms with E-state index in [-0.39, 0.29) is 0 Å². The van der Waals surface area contributed by atoms with Gasteiger partial charge in [-0.05, 0) is 47.6 Å². The van der Waals surface area contributed by atoms with E-state index in [9.17, 15) is 5.11 Å². The quantitative estimate of drug-likeness (QED) is 0.307. The van der Waals surface area contributed by atoms with Crippen molar-refractivity contribution in [2.45, 2.75) is 71.1 Å². The van der Waals surface area contributed by atoms with E-state index in [1.165, 1.54) is 67.2 Å². The van der Waals surface area contributed by atoms with Crippen LogP contribution in [0.3, 0.4) is 0 Å². The number of unbranched alkanes of at least 4 members (excludes halogenated alkanes) is 6. The maximum absolute atomic E-state index is 10.7. The maximum atomic E-state index is 10.7. The predicted molar refractivity (Wildman–Crippen MR) is 128 cm³/mol. The summed E-state index contributed by atoms with van der Waals surface area (Å²) >= 11 is 0. The Kier molecular flexibility index (Phi) is 9.03. The molecule has 3 aromatic carbocycles. The molecule has 1 nitrogen and oxygen atoms in total. The van der Waals surface area contributed by atoms with Crippen LogP contribution < -0.4 is 0 Å². The third kappa shape index (κ3) is 6.76. The summed E-state index contributed by atoms with van der Waals surface area (Å²) in [7, 11) is 0. The van der Waals surface area contributed by atoms with E-state index in [0.29, 0.717) is 5.75 Å². The highest BCUT2D eigenvalue weighted by Gasteiger charge is 2.14. The van der Waals surface area contributed by atoms with Crippen molar-refractivity contribution in [2.75, 3.05) is 0 Å². The zero-order valence-electron chi connectivity index (χ0n) is 18.4. The Morgan fingerprint density at radius 3 is 1.70 bits per heavy atom. The Bertz CT molecular complexity index is 868. The highest BCUT2D eigenvalue weighted by Crippen LogP contribution is 2.30. The highest BCUT2D eigenvalue weighted by atomic mass is 16.3. The molecule has 1 N–H and O–H groups in total. The smallest absolute Gasteiger partial charge is 0.119 e. The van der Waals surface area contributed by atoms with Gasteiger partial charge in [-0.15, -0.1) is 0 Å². The Hall–Kier alpha value is -2.54. The molecule has 0 spiro atoms. The summed E-state index contributed by atoms with van der Waals surface area (Å²) in [6, 6.07) is 25.2. The van der Waals surface area contributed by atoms with Crippen molar-refractivity contribution in [2.24, 2.45) is 0 Å². The predicted octanol–water partition coefficient (Wildman–Crippen LogP) is 7.87. The van der Waals surface area contributed by atoms with Crippen LogP contribution in [0.5, 0.6) is 5.75 Å². The lowest BCUT2D eigenvalue weighted by atomic mass is 9.88. The Balaban J connectivity index is 1.77. The molecule has 0 aromatic heterocycles. The second-order valence-electron chi connectivity index (χ2n) is 8.40. The topological polar surface area (TPSA) is 20.2 Å². The fourth-order valence-electron chi connectivity index (χ4n) is 4.25. The molecule has 0 fully saturated rings. The summed E-state index contributed by atoms with van der Waals surface area (Å²) in [4.78, 5) is 0. The van der Waals surface area contributed by atoms with Gasteiger partial charge in [0.2, 0.25) is 0 Å². The molecule has 0 atom stereocenters. The molecule has 1 heteroatoms. The molecule has 3 rings (SSSR count). The van der Waals surface area contributed by atoms with Crippen molar-refractivity contribution in [3.8, 4) is 5.75 Å². The van der Waals surface area contributed by atoms with Crippen LogP contribution >= 0.6 is 0 Å². The molecular formula is C29H36O. The molecule has 0 amide bonds. The largest absolute Gasteiger partial charge is 0.508 e. The molecule has 158 valence electrons. The third-order valence-corrected chi connectivity index (χ3v) is 6.00. The highest BCUT2D eigenvalue weighted by molar-refractivity contribution is 5.49. The Morgan fingerprint density at radius 1 is 0.567 bits per heavy atom. The standard InChI is InChI=1S/C29H36O/c1-2-3-4-5-6-7-14-19-26-20-21-29(30)28(23-25-17-12-9-13-18-25)27(26)22-24-15-10-8-11-16-24/h8-13,15-18,20-21,30H,2-7,14,19,22-23H2,1H3. The molecule has 0 saturated carbocycles. The molecule has 0 bridgehead atoms. The fourth-order valence-corrected chi connectivity index (χ4v) is 4.25. The number of phenolic OH excluding ortho intramolecular Hbond substituents is 1. The van der Waals surface area contributed by atoms with E-state index in [4.69, 9.17) is 0 Å². The van der Waals surface area contributed by atoms with Gasteiger partial charge in [-0.3, -0.25) is 0 Å². The van der Waals surface area contributed by atoms with Crippen LogP contribution in [-0.2, 0) is 19.3 Å². The zero-order chi connectivity index (χ0) is 21.0. The minimum atomic E-state index is 0.424. The lowest BCUT2D eigenvalue weighted by Crippen LogP contribution is -2.04. The fraction of sp³-hybridized carbons (Fsp3) is 0.379. The van der Waals surface area contributed by atoms with Crippen molar-refractivity contribution in [3.63, 3.8) is 0 Å². The average Bonchev–Trinajstić information content (AvgIpc) is 2.78. The van der Waals surface area contributed by atoms with E-state index in [0.717, 1.165) is 24.8 Å². The lowest BCUT2D eigenvalue weighted by molar-refractivity contribution is 0.468. The normalized spacial score (nSPS) is 11.0. The Morgan fingerprint density at radius 2 is 1.10 bits per heavy atom. The van der Waals surface area contributed by atoms with Gasteiger partial charge in [0.1, 0.15) is 5.75 Å². The number of benzene rings is 3. The van der Waals surface area contributed by atoms with E-state index < -0.39 is 0 Å². The molecule has 3 aromatic rings. The summed E-state index contributed by atoms with van der Waals surface area (Å²) in [5, 5.41) is 10.7. The van der Waals surface area contributed by atoms with Crippen molar-refractivity contribution < 1.29 is 5.11 Å². The number of hydrogen-bond acceptors (Lipinski definition) is 1. The third-order valence-electron chi connectivity index (χ3n) is 6.00. The first kappa shape index (κ1) is 22.2. The number of hydrogen-bond donors (Lipinski definition) is 1. The van der Waals surface area contributed by atoms with Gasteiger partial charge in [0.15, 0.2) is 0 Å². The van der Waals surface area contributed by atoms with Crippen LogP contribution in [-0.4, -0.2) is 5.11 Å². The van der Waals surface area contributed by atoms with Crippen molar-refractivity contribution in [1.82, 2.24) is 0 Å². The molecule has 0 radical (unpaired) electrons. The second kappa shape index (κ2) is 12.2. The Labute approximate surface area is 182 Å². The number of rotatable bonds is 12. The summed E-state index contributed by atoms with van der Waals surface area (Å²) in [6.07, 6.45) is 12.0. The number of aromatic hydroxyl groups is 1. The van der Waals surface area contributed by atoms with Gasteiger partial charge in [-0.1, -0.05) is 112 Å². The molecule has 0 heterocycles. The number of aryl methyl sites for hydroxylation is 1. The van der Waals surface area contributed by atoms with Gasteiger partial charge in [-0.25, -0.2) is 0 Å². The van der Waals surface area contributed by atoms with Gasteiger partial charge >= 0.3 is 0 Å². The summed E-state index contributed by atoms with van der Waals surface area (Å²) in [6.45, 7) is 2.27. The first-order chi connectivity index (χ1) is 14.8. The molecule has 0 saturated heterocycles. The first-order valence-electron chi connectivity index (χ1n) is 11.7. The van der Waals surface area contributed by atoms with Gasteiger partial charge in [0.25, 0.3) is 0 Å². The molecule has 0 aliphatic carbocycles. The van der Waals surface area contributed by atoms with E-state index in [1.807, 2.05) is 12.1 Å². The second-order valence-corrected chi connectivity index (χ2v) is 8.40. The van der Waals surface area contributed by atoms with Crippen LogP contribution in [0.25, 0.3) is 0 Å². The SMILES string of the molecule is CCCCCCCCCc1ccc(O)c(Cc2ccccc2)c1Cc1ccccc1. The molecule has 30 heavy (non-hydrogen) atoms. The van der Waals surface area contributed by atoms with Crippen LogP contribution in [0.2, 0.25) is 0 Å². The summed E-state index contributed by atoms with van der Waals surface area (Å²) < 4.78 is 0. The average molecular weight is 401 g/mol. The molecule has 0 aliphatic rings. The van der Waals surface area contributed by atoms with E-state index >= 15 is 0 Å². The van der Waals surface area contributed by atoms with Gasteiger partial charge in [0, 0.05) is 12.0 Å². The van der Waals surface area contributed by atoms with E-state index in [2.05, 4.69) is 67.6 Å². The lowest BCUT2D eigenvalue weighted by Gasteiger charge is -2.17. The van der Waals surface area contributed by atoms with Gasteiger partial charge in [0.05, 0.1) is 0 Å². The maximum Gasteiger partial charge on any atom is 0.119 e. The van der Waals surface area contributed by atoms with Gasteiger partial charge in [-0.2, -0.15) is 0 Å².